The second kappa shape index (κ2) is 7.30. The van der Waals surface area contributed by atoms with Crippen molar-refractivity contribution in [2.24, 2.45) is 5.92 Å². The third-order valence-corrected chi connectivity index (χ3v) is 4.21. The van der Waals surface area contributed by atoms with E-state index in [1.807, 2.05) is 25.1 Å². The van der Waals surface area contributed by atoms with Crippen LogP contribution in [0.3, 0.4) is 0 Å². The van der Waals surface area contributed by atoms with Crippen LogP contribution < -0.4 is 5.32 Å². The second-order valence-corrected chi connectivity index (χ2v) is 7.51. The fraction of sp³-hybridized carbons (Fsp3) is 0.444. The highest BCUT2D eigenvalue weighted by atomic mass is 79.9. The van der Waals surface area contributed by atoms with Gasteiger partial charge in [-0.15, -0.1) is 0 Å². The van der Waals surface area contributed by atoms with Crippen molar-refractivity contribution in [3.05, 3.63) is 51.8 Å². The number of hydrogen-bond acceptors (Lipinski definition) is 3. The summed E-state index contributed by atoms with van der Waals surface area (Å²) in [6.07, 6.45) is 1.08. The van der Waals surface area contributed by atoms with Crippen LogP contribution in [-0.2, 0) is 16.8 Å². The summed E-state index contributed by atoms with van der Waals surface area (Å²) >= 11 is 3.51. The standard InChI is InChI=1S/C18H23BrN2O2/c1-12(2)11-18(4,14-6-5-7-15(19)9-14)20-17(22)10-16-8-13(3)23-21-16/h5-9,12H,10-11H2,1-4H3,(H,20,22)/t18-/m0/s1. The van der Waals surface area contributed by atoms with E-state index in [1.54, 1.807) is 6.07 Å². The molecule has 1 amide bonds. The first-order valence-corrected chi connectivity index (χ1v) is 8.57. The van der Waals surface area contributed by atoms with Crippen molar-refractivity contribution in [1.29, 1.82) is 0 Å². The van der Waals surface area contributed by atoms with E-state index in [0.717, 1.165) is 16.5 Å². The Balaban J connectivity index is 2.19. The minimum Gasteiger partial charge on any atom is -0.361 e. The van der Waals surface area contributed by atoms with Crippen LogP contribution in [0.25, 0.3) is 0 Å². The van der Waals surface area contributed by atoms with Gasteiger partial charge in [-0.2, -0.15) is 0 Å². The summed E-state index contributed by atoms with van der Waals surface area (Å²) in [5.41, 5.74) is 1.32. The van der Waals surface area contributed by atoms with Crippen molar-refractivity contribution in [2.75, 3.05) is 0 Å². The van der Waals surface area contributed by atoms with Gasteiger partial charge in [0.1, 0.15) is 5.76 Å². The first-order chi connectivity index (χ1) is 10.8. The van der Waals surface area contributed by atoms with E-state index >= 15 is 0 Å². The van der Waals surface area contributed by atoms with Crippen molar-refractivity contribution in [1.82, 2.24) is 10.5 Å². The summed E-state index contributed by atoms with van der Waals surface area (Å²) in [4.78, 5) is 12.5. The summed E-state index contributed by atoms with van der Waals surface area (Å²) in [5, 5.41) is 7.07. The quantitative estimate of drug-likeness (QED) is 0.811. The van der Waals surface area contributed by atoms with Crippen LogP contribution in [-0.4, -0.2) is 11.1 Å². The summed E-state index contributed by atoms with van der Waals surface area (Å²) < 4.78 is 6.03. The number of benzene rings is 1. The number of nitrogens with one attached hydrogen (secondary N) is 1. The van der Waals surface area contributed by atoms with Crippen molar-refractivity contribution in [3.8, 4) is 0 Å². The van der Waals surface area contributed by atoms with Gasteiger partial charge in [-0.05, 0) is 43.9 Å². The van der Waals surface area contributed by atoms with Crippen molar-refractivity contribution < 1.29 is 9.32 Å². The molecule has 1 aromatic carbocycles. The fourth-order valence-corrected chi connectivity index (χ4v) is 3.31. The molecule has 4 nitrogen and oxygen atoms in total. The number of amides is 1. The Hall–Kier alpha value is -1.62. The van der Waals surface area contributed by atoms with Crippen LogP contribution in [0.5, 0.6) is 0 Å². The maximum atomic E-state index is 12.5. The predicted octanol–water partition coefficient (Wildman–Crippen LogP) is 4.37. The zero-order chi connectivity index (χ0) is 17.0. The van der Waals surface area contributed by atoms with Gasteiger partial charge in [0.2, 0.25) is 5.91 Å². The van der Waals surface area contributed by atoms with Gasteiger partial charge in [0.05, 0.1) is 17.7 Å². The molecule has 2 rings (SSSR count). The summed E-state index contributed by atoms with van der Waals surface area (Å²) in [5.74, 6) is 1.11. The van der Waals surface area contributed by atoms with E-state index in [9.17, 15) is 4.79 Å². The van der Waals surface area contributed by atoms with Crippen LogP contribution in [0.4, 0.5) is 0 Å². The lowest BCUT2D eigenvalue weighted by Gasteiger charge is -2.33. The zero-order valence-corrected chi connectivity index (χ0v) is 15.6. The Bertz CT molecular complexity index is 681. The molecule has 0 spiro atoms. The van der Waals surface area contributed by atoms with E-state index < -0.39 is 5.54 Å². The molecule has 2 aromatic rings. The molecule has 23 heavy (non-hydrogen) atoms. The lowest BCUT2D eigenvalue weighted by atomic mass is 9.84. The maximum Gasteiger partial charge on any atom is 0.226 e. The number of aryl methyl sites for hydroxylation is 1. The van der Waals surface area contributed by atoms with Crippen LogP contribution in [0.15, 0.2) is 39.3 Å². The SMILES string of the molecule is Cc1cc(CC(=O)N[C@@](C)(CC(C)C)c2cccc(Br)c2)no1. The fourth-order valence-electron chi connectivity index (χ4n) is 2.91. The van der Waals surface area contributed by atoms with Gasteiger partial charge in [-0.3, -0.25) is 4.79 Å². The Morgan fingerprint density at radius 2 is 2.13 bits per heavy atom. The molecule has 1 aromatic heterocycles. The van der Waals surface area contributed by atoms with Gasteiger partial charge in [-0.1, -0.05) is 47.1 Å². The molecular formula is C18H23BrN2O2. The molecule has 0 fully saturated rings. The molecule has 5 heteroatoms. The van der Waals surface area contributed by atoms with E-state index in [4.69, 9.17) is 4.52 Å². The predicted molar refractivity (Wildman–Crippen MR) is 94.0 cm³/mol. The highest BCUT2D eigenvalue weighted by Crippen LogP contribution is 2.30. The van der Waals surface area contributed by atoms with Crippen LogP contribution in [0, 0.1) is 12.8 Å². The van der Waals surface area contributed by atoms with Crippen molar-refractivity contribution >= 4 is 21.8 Å². The molecular weight excluding hydrogens is 356 g/mol. The molecule has 0 aliphatic carbocycles. The van der Waals surface area contributed by atoms with Crippen molar-refractivity contribution in [3.63, 3.8) is 0 Å². The van der Waals surface area contributed by atoms with Gasteiger partial charge in [-0.25, -0.2) is 0 Å². The second-order valence-electron chi connectivity index (χ2n) is 6.59. The number of carbonyl (C=O) groups excluding carboxylic acids is 1. The van der Waals surface area contributed by atoms with E-state index in [0.29, 0.717) is 17.4 Å². The third kappa shape index (κ3) is 4.93. The lowest BCUT2D eigenvalue weighted by molar-refractivity contribution is -0.122. The molecule has 1 N–H and O–H groups in total. The Kier molecular flexibility index (Phi) is 5.63. The number of aromatic nitrogens is 1. The molecule has 0 radical (unpaired) electrons. The summed E-state index contributed by atoms with van der Waals surface area (Å²) in [6.45, 7) is 8.20. The molecule has 0 aliphatic heterocycles. The van der Waals surface area contributed by atoms with Crippen molar-refractivity contribution in [2.45, 2.75) is 46.1 Å². The van der Waals surface area contributed by atoms with Gasteiger partial charge < -0.3 is 9.84 Å². The molecule has 1 atom stereocenters. The molecule has 0 saturated heterocycles. The highest BCUT2D eigenvalue weighted by molar-refractivity contribution is 9.10. The number of hydrogen-bond donors (Lipinski definition) is 1. The smallest absolute Gasteiger partial charge is 0.226 e. The molecule has 0 bridgehead atoms. The van der Waals surface area contributed by atoms with Crippen LogP contribution in [0.2, 0.25) is 0 Å². The van der Waals surface area contributed by atoms with Gasteiger partial charge >= 0.3 is 0 Å². The lowest BCUT2D eigenvalue weighted by Crippen LogP contribution is -2.45. The van der Waals surface area contributed by atoms with Gasteiger partial charge in [0, 0.05) is 10.5 Å². The van der Waals surface area contributed by atoms with E-state index in [1.165, 1.54) is 0 Å². The molecule has 0 aliphatic rings. The molecule has 124 valence electrons. The minimum atomic E-state index is -0.423. The summed E-state index contributed by atoms with van der Waals surface area (Å²) in [6, 6.07) is 9.87. The summed E-state index contributed by atoms with van der Waals surface area (Å²) in [7, 11) is 0. The average Bonchev–Trinajstić information content (AvgIpc) is 2.82. The van der Waals surface area contributed by atoms with E-state index in [2.05, 4.69) is 53.2 Å². The molecule has 0 unspecified atom stereocenters. The highest BCUT2D eigenvalue weighted by Gasteiger charge is 2.30. The van der Waals surface area contributed by atoms with Gasteiger partial charge in [0.25, 0.3) is 0 Å². The largest absolute Gasteiger partial charge is 0.361 e. The Morgan fingerprint density at radius 1 is 1.39 bits per heavy atom. The maximum absolute atomic E-state index is 12.5. The minimum absolute atomic E-state index is 0.0542. The first kappa shape index (κ1) is 17.7. The monoisotopic (exact) mass is 378 g/mol. The van der Waals surface area contributed by atoms with Crippen LogP contribution >= 0.6 is 15.9 Å². The normalized spacial score (nSPS) is 13.8. The third-order valence-electron chi connectivity index (χ3n) is 3.71. The van der Waals surface area contributed by atoms with Crippen LogP contribution in [0.1, 0.15) is 44.2 Å². The Labute approximate surface area is 145 Å². The number of halogens is 1. The molecule has 0 saturated carbocycles. The first-order valence-electron chi connectivity index (χ1n) is 7.78. The Morgan fingerprint density at radius 3 is 2.70 bits per heavy atom. The number of rotatable bonds is 6. The number of carbonyl (C=O) groups is 1. The average molecular weight is 379 g/mol. The van der Waals surface area contributed by atoms with Gasteiger partial charge in [0.15, 0.2) is 0 Å². The topological polar surface area (TPSA) is 55.1 Å². The zero-order valence-electron chi connectivity index (χ0n) is 14.0. The number of nitrogens with zero attached hydrogens (tertiary/aromatic N) is 1. The molecule has 1 heterocycles. The van der Waals surface area contributed by atoms with E-state index in [-0.39, 0.29) is 12.3 Å².